The molecule has 98 valence electrons. The predicted molar refractivity (Wildman–Crippen MR) is 71.7 cm³/mol. The van der Waals surface area contributed by atoms with Gasteiger partial charge in [-0.3, -0.25) is 4.79 Å². The Balaban J connectivity index is 2.26. The van der Waals surface area contributed by atoms with E-state index >= 15 is 0 Å². The maximum Gasteiger partial charge on any atom is 0.258 e. The summed E-state index contributed by atoms with van der Waals surface area (Å²) in [5, 5.41) is 11.9. The summed E-state index contributed by atoms with van der Waals surface area (Å²) >= 11 is 5.62. The highest BCUT2D eigenvalue weighted by Gasteiger charge is 2.13. The van der Waals surface area contributed by atoms with E-state index in [1.54, 1.807) is 24.3 Å². The summed E-state index contributed by atoms with van der Waals surface area (Å²) in [5.41, 5.74) is 0.909. The first kappa shape index (κ1) is 13.5. The van der Waals surface area contributed by atoms with E-state index in [1.165, 1.54) is 12.1 Å². The van der Waals surface area contributed by atoms with Gasteiger partial charge in [0, 0.05) is 16.3 Å². The van der Waals surface area contributed by atoms with Crippen molar-refractivity contribution in [1.82, 2.24) is 0 Å². The Labute approximate surface area is 114 Å². The lowest BCUT2D eigenvalue weighted by molar-refractivity contribution is 0.102. The van der Waals surface area contributed by atoms with E-state index in [2.05, 4.69) is 5.32 Å². The zero-order valence-electron chi connectivity index (χ0n) is 9.86. The quantitative estimate of drug-likeness (QED) is 0.906. The molecule has 0 aliphatic rings. The molecule has 0 aliphatic carbocycles. The summed E-state index contributed by atoms with van der Waals surface area (Å²) < 4.78 is 13.6. The van der Waals surface area contributed by atoms with Crippen LogP contribution in [0, 0.1) is 5.82 Å². The van der Waals surface area contributed by atoms with Gasteiger partial charge in [0.2, 0.25) is 0 Å². The van der Waals surface area contributed by atoms with Crippen LogP contribution in [0.5, 0.6) is 0 Å². The summed E-state index contributed by atoms with van der Waals surface area (Å²) in [7, 11) is 0. The second-order valence-electron chi connectivity index (χ2n) is 3.89. The Bertz CT molecular complexity index is 616. The van der Waals surface area contributed by atoms with E-state index in [0.717, 1.165) is 6.07 Å². The van der Waals surface area contributed by atoms with Crippen LogP contribution in [-0.4, -0.2) is 11.0 Å². The minimum atomic E-state index is -0.688. The fourth-order valence-corrected chi connectivity index (χ4v) is 1.80. The summed E-state index contributed by atoms with van der Waals surface area (Å²) in [5.74, 6) is -1.28. The van der Waals surface area contributed by atoms with Gasteiger partial charge >= 0.3 is 0 Å². The molecule has 0 bridgehead atoms. The molecule has 0 heterocycles. The number of hydrogen-bond donors (Lipinski definition) is 2. The third-order valence-electron chi connectivity index (χ3n) is 2.61. The number of benzene rings is 2. The maximum absolute atomic E-state index is 13.6. The van der Waals surface area contributed by atoms with Crippen molar-refractivity contribution in [3.63, 3.8) is 0 Å². The first-order valence-corrected chi connectivity index (χ1v) is 5.95. The first-order valence-electron chi connectivity index (χ1n) is 5.57. The molecular weight excluding hydrogens is 269 g/mol. The number of hydrogen-bond acceptors (Lipinski definition) is 2. The van der Waals surface area contributed by atoms with Crippen molar-refractivity contribution in [2.75, 3.05) is 5.32 Å². The largest absolute Gasteiger partial charge is 0.392 e. The Hall–Kier alpha value is -1.91. The van der Waals surface area contributed by atoms with Crippen molar-refractivity contribution in [3.05, 3.63) is 64.4 Å². The van der Waals surface area contributed by atoms with Gasteiger partial charge in [-0.25, -0.2) is 4.39 Å². The molecule has 0 radical (unpaired) electrons. The number of halogens is 2. The van der Waals surface area contributed by atoms with Gasteiger partial charge in [0.25, 0.3) is 5.91 Å². The number of amides is 1. The van der Waals surface area contributed by atoms with Crippen LogP contribution in [-0.2, 0) is 6.61 Å². The van der Waals surface area contributed by atoms with Crippen LogP contribution in [0.2, 0.25) is 5.02 Å². The number of aliphatic hydroxyl groups is 1. The third kappa shape index (κ3) is 3.10. The number of carbonyl (C=O) groups excluding carboxylic acids is 1. The molecule has 1 amide bonds. The van der Waals surface area contributed by atoms with Gasteiger partial charge in [0.1, 0.15) is 5.82 Å². The smallest absolute Gasteiger partial charge is 0.258 e. The molecule has 0 saturated carbocycles. The van der Waals surface area contributed by atoms with Crippen LogP contribution >= 0.6 is 11.6 Å². The van der Waals surface area contributed by atoms with Crippen LogP contribution in [0.15, 0.2) is 42.5 Å². The van der Waals surface area contributed by atoms with Crippen LogP contribution in [0.4, 0.5) is 10.1 Å². The van der Waals surface area contributed by atoms with Gasteiger partial charge < -0.3 is 10.4 Å². The number of nitrogens with one attached hydrogen (secondary N) is 1. The van der Waals surface area contributed by atoms with Gasteiger partial charge in [-0.15, -0.1) is 0 Å². The molecule has 2 aromatic rings. The summed E-state index contributed by atoms with van der Waals surface area (Å²) in [6, 6.07) is 10.6. The lowest BCUT2D eigenvalue weighted by Crippen LogP contribution is -2.15. The molecule has 19 heavy (non-hydrogen) atoms. The van der Waals surface area contributed by atoms with E-state index in [-0.39, 0.29) is 17.2 Å². The van der Waals surface area contributed by atoms with E-state index in [1.807, 2.05) is 0 Å². The Morgan fingerprint density at radius 1 is 1.26 bits per heavy atom. The molecule has 0 unspecified atom stereocenters. The molecule has 0 fully saturated rings. The van der Waals surface area contributed by atoms with Crippen molar-refractivity contribution in [2.24, 2.45) is 0 Å². The molecule has 0 aromatic heterocycles. The number of para-hydroxylation sites is 1. The highest BCUT2D eigenvalue weighted by Crippen LogP contribution is 2.19. The van der Waals surface area contributed by atoms with Crippen molar-refractivity contribution in [2.45, 2.75) is 6.61 Å². The van der Waals surface area contributed by atoms with Crippen LogP contribution in [0.3, 0.4) is 0 Å². The van der Waals surface area contributed by atoms with Crippen LogP contribution < -0.4 is 5.32 Å². The Morgan fingerprint density at radius 3 is 2.68 bits per heavy atom. The van der Waals surface area contributed by atoms with Gasteiger partial charge in [-0.05, 0) is 24.3 Å². The molecule has 0 atom stereocenters. The monoisotopic (exact) mass is 279 g/mol. The fourth-order valence-electron chi connectivity index (χ4n) is 1.64. The minimum Gasteiger partial charge on any atom is -0.392 e. The topological polar surface area (TPSA) is 49.3 Å². The van der Waals surface area contributed by atoms with Crippen molar-refractivity contribution < 1.29 is 14.3 Å². The highest BCUT2D eigenvalue weighted by molar-refractivity contribution is 6.30. The van der Waals surface area contributed by atoms with Gasteiger partial charge in [-0.2, -0.15) is 0 Å². The van der Waals surface area contributed by atoms with E-state index in [0.29, 0.717) is 11.3 Å². The lowest BCUT2D eigenvalue weighted by Gasteiger charge is -2.09. The summed E-state index contributed by atoms with van der Waals surface area (Å²) in [6.07, 6.45) is 0. The number of aliphatic hydroxyl groups excluding tert-OH is 1. The zero-order chi connectivity index (χ0) is 13.8. The molecule has 2 aromatic carbocycles. The van der Waals surface area contributed by atoms with Crippen molar-refractivity contribution in [1.29, 1.82) is 0 Å². The normalized spacial score (nSPS) is 10.3. The number of carbonyl (C=O) groups is 1. The van der Waals surface area contributed by atoms with Crippen LogP contribution in [0.25, 0.3) is 0 Å². The van der Waals surface area contributed by atoms with E-state index < -0.39 is 11.7 Å². The molecule has 5 heteroatoms. The molecular formula is C14H11ClFNO2. The third-order valence-corrected chi connectivity index (χ3v) is 2.85. The van der Waals surface area contributed by atoms with E-state index in [9.17, 15) is 9.18 Å². The molecule has 2 N–H and O–H groups in total. The van der Waals surface area contributed by atoms with Gasteiger partial charge in [0.15, 0.2) is 0 Å². The van der Waals surface area contributed by atoms with Crippen molar-refractivity contribution >= 4 is 23.2 Å². The van der Waals surface area contributed by atoms with Crippen LogP contribution in [0.1, 0.15) is 15.9 Å². The summed E-state index contributed by atoms with van der Waals surface area (Å²) in [6.45, 7) is -0.209. The average molecular weight is 280 g/mol. The number of rotatable bonds is 3. The molecule has 0 aliphatic heterocycles. The molecule has 0 saturated heterocycles. The SMILES string of the molecule is O=C(Nc1ccccc1CO)c1ccc(Cl)cc1F. The van der Waals surface area contributed by atoms with Gasteiger partial charge in [-0.1, -0.05) is 29.8 Å². The highest BCUT2D eigenvalue weighted by atomic mass is 35.5. The Kier molecular flexibility index (Phi) is 4.14. The lowest BCUT2D eigenvalue weighted by atomic mass is 10.1. The summed E-state index contributed by atoms with van der Waals surface area (Å²) in [4.78, 5) is 11.9. The van der Waals surface area contributed by atoms with Gasteiger partial charge in [0.05, 0.1) is 12.2 Å². The maximum atomic E-state index is 13.6. The average Bonchev–Trinajstić information content (AvgIpc) is 2.39. The second kappa shape index (κ2) is 5.82. The standard InChI is InChI=1S/C14H11ClFNO2/c15-10-5-6-11(12(16)7-10)14(19)17-13-4-2-1-3-9(13)8-18/h1-7,18H,8H2,(H,17,19). The minimum absolute atomic E-state index is 0.0999. The Morgan fingerprint density at radius 2 is 2.00 bits per heavy atom. The molecule has 2 rings (SSSR count). The van der Waals surface area contributed by atoms with Crippen molar-refractivity contribution in [3.8, 4) is 0 Å². The van der Waals surface area contributed by atoms with E-state index in [4.69, 9.17) is 16.7 Å². The molecule has 3 nitrogen and oxygen atoms in total. The molecule has 0 spiro atoms. The fraction of sp³-hybridized carbons (Fsp3) is 0.0714. The number of anilines is 1. The predicted octanol–water partition coefficient (Wildman–Crippen LogP) is 3.22. The zero-order valence-corrected chi connectivity index (χ0v) is 10.6. The first-order chi connectivity index (χ1) is 9.11. The second-order valence-corrected chi connectivity index (χ2v) is 4.33.